The van der Waals surface area contributed by atoms with E-state index < -0.39 is 28.9 Å². The number of carbonyl (C=O) groups is 3. The molecule has 1 spiro atoms. The van der Waals surface area contributed by atoms with Gasteiger partial charge in [0.15, 0.2) is 5.78 Å². The Morgan fingerprint density at radius 1 is 1.29 bits per heavy atom. The first kappa shape index (κ1) is 20.1. The molecule has 148 valence electrons. The van der Waals surface area contributed by atoms with Gasteiger partial charge in [0, 0.05) is 16.7 Å². The molecule has 6 nitrogen and oxygen atoms in total. The molecule has 0 amide bonds. The Balaban J connectivity index is 2.08. The quantitative estimate of drug-likeness (QED) is 0.469. The van der Waals surface area contributed by atoms with Gasteiger partial charge in [0.25, 0.3) is 0 Å². The zero-order valence-corrected chi connectivity index (χ0v) is 16.5. The molecule has 7 heteroatoms. The second kappa shape index (κ2) is 7.80. The van der Waals surface area contributed by atoms with Gasteiger partial charge < -0.3 is 14.6 Å². The van der Waals surface area contributed by atoms with E-state index in [1.807, 2.05) is 0 Å². The topological polar surface area (TPSA) is 89.9 Å². The van der Waals surface area contributed by atoms with Crippen LogP contribution in [-0.2, 0) is 29.3 Å². The van der Waals surface area contributed by atoms with E-state index in [0.29, 0.717) is 41.8 Å². The SMILES string of the molecule is CCOC(=O)C1=C(O)c2cc(Cl)ccc2C2(CCC(=CC(=O)OC)CC2)C1=O. The highest BCUT2D eigenvalue weighted by atomic mass is 35.5. The summed E-state index contributed by atoms with van der Waals surface area (Å²) in [5, 5.41) is 11.0. The van der Waals surface area contributed by atoms with Crippen LogP contribution in [0.25, 0.3) is 5.76 Å². The van der Waals surface area contributed by atoms with E-state index in [0.717, 1.165) is 5.57 Å². The third-order valence-corrected chi connectivity index (χ3v) is 5.63. The molecule has 1 N–H and O–H groups in total. The van der Waals surface area contributed by atoms with E-state index in [2.05, 4.69) is 4.74 Å². The molecule has 1 fully saturated rings. The Bertz CT molecular complexity index is 901. The van der Waals surface area contributed by atoms with Crippen molar-refractivity contribution in [1.29, 1.82) is 0 Å². The van der Waals surface area contributed by atoms with E-state index in [1.54, 1.807) is 25.1 Å². The van der Waals surface area contributed by atoms with Crippen LogP contribution >= 0.6 is 11.6 Å². The Hall–Kier alpha value is -2.60. The fourth-order valence-electron chi connectivity index (χ4n) is 3.99. The molecule has 0 atom stereocenters. The molecule has 2 aliphatic carbocycles. The normalized spacial score (nSPS) is 21.4. The van der Waals surface area contributed by atoms with Crippen LogP contribution < -0.4 is 0 Å². The van der Waals surface area contributed by atoms with Gasteiger partial charge in [0.1, 0.15) is 11.3 Å². The predicted molar refractivity (Wildman–Crippen MR) is 103 cm³/mol. The standard InChI is InChI=1S/C21H21ClO6/c1-3-28-20(26)17-18(24)14-11-13(22)4-5-15(14)21(19(17)25)8-6-12(7-9-21)10-16(23)27-2/h4-5,10-11,24H,3,6-9H2,1-2H3. The van der Waals surface area contributed by atoms with Crippen LogP contribution in [0.4, 0.5) is 0 Å². The zero-order chi connectivity index (χ0) is 20.5. The van der Waals surface area contributed by atoms with Gasteiger partial charge in [-0.1, -0.05) is 23.2 Å². The number of Topliss-reactive ketones (excluding diaryl/α,β-unsaturated/α-hetero) is 1. The minimum Gasteiger partial charge on any atom is -0.506 e. The summed E-state index contributed by atoms with van der Waals surface area (Å²) in [7, 11) is 1.31. The highest BCUT2D eigenvalue weighted by Crippen LogP contribution is 2.49. The van der Waals surface area contributed by atoms with Crippen molar-refractivity contribution in [2.45, 2.75) is 38.0 Å². The summed E-state index contributed by atoms with van der Waals surface area (Å²) in [4.78, 5) is 37.3. The van der Waals surface area contributed by atoms with Crippen molar-refractivity contribution in [2.24, 2.45) is 0 Å². The first-order valence-electron chi connectivity index (χ1n) is 9.07. The molecule has 2 aliphatic rings. The molecule has 0 heterocycles. The van der Waals surface area contributed by atoms with Crippen LogP contribution in [0.5, 0.6) is 0 Å². The van der Waals surface area contributed by atoms with E-state index in [1.165, 1.54) is 13.2 Å². The molecule has 0 saturated heterocycles. The highest BCUT2D eigenvalue weighted by Gasteiger charge is 2.50. The van der Waals surface area contributed by atoms with Gasteiger partial charge in [0.05, 0.1) is 19.1 Å². The van der Waals surface area contributed by atoms with Crippen LogP contribution in [0.2, 0.25) is 5.02 Å². The van der Waals surface area contributed by atoms with Crippen LogP contribution in [0, 0.1) is 0 Å². The van der Waals surface area contributed by atoms with Gasteiger partial charge in [-0.15, -0.1) is 0 Å². The average molecular weight is 405 g/mol. The molecule has 1 saturated carbocycles. The molecule has 1 aromatic carbocycles. The van der Waals surface area contributed by atoms with E-state index in [4.69, 9.17) is 16.3 Å². The molecule has 1 aromatic rings. The minimum absolute atomic E-state index is 0.0876. The molecular formula is C21H21ClO6. The molecule has 0 aromatic heterocycles. The maximum absolute atomic E-state index is 13.4. The summed E-state index contributed by atoms with van der Waals surface area (Å²) >= 11 is 6.10. The number of carbonyl (C=O) groups excluding carboxylic acids is 3. The van der Waals surface area contributed by atoms with Crippen LogP contribution in [0.1, 0.15) is 43.7 Å². The number of ketones is 1. The van der Waals surface area contributed by atoms with Gasteiger partial charge in [-0.05, 0) is 50.3 Å². The molecule has 0 unspecified atom stereocenters. The largest absolute Gasteiger partial charge is 0.506 e. The number of methoxy groups -OCH3 is 1. The van der Waals surface area contributed by atoms with Gasteiger partial charge in [-0.2, -0.15) is 0 Å². The lowest BCUT2D eigenvalue weighted by atomic mass is 9.60. The molecule has 0 bridgehead atoms. The van der Waals surface area contributed by atoms with Crippen LogP contribution in [0.15, 0.2) is 35.4 Å². The van der Waals surface area contributed by atoms with Crippen molar-refractivity contribution in [1.82, 2.24) is 0 Å². The maximum Gasteiger partial charge on any atom is 0.345 e. The lowest BCUT2D eigenvalue weighted by Gasteiger charge is -2.41. The van der Waals surface area contributed by atoms with Crippen molar-refractivity contribution in [3.05, 3.63) is 51.6 Å². The number of aliphatic hydroxyl groups is 1. The number of ether oxygens (including phenoxy) is 2. The minimum atomic E-state index is -0.971. The Labute approximate surface area is 167 Å². The summed E-state index contributed by atoms with van der Waals surface area (Å²) in [5.74, 6) is -2.12. The summed E-state index contributed by atoms with van der Waals surface area (Å²) in [6.45, 7) is 1.72. The number of benzene rings is 1. The second-order valence-electron chi connectivity index (χ2n) is 6.87. The molecular weight excluding hydrogens is 384 g/mol. The van der Waals surface area contributed by atoms with Gasteiger partial charge in [-0.25, -0.2) is 9.59 Å². The van der Waals surface area contributed by atoms with Crippen LogP contribution in [-0.4, -0.2) is 36.5 Å². The first-order valence-corrected chi connectivity index (χ1v) is 9.44. The number of hydrogen-bond donors (Lipinski definition) is 1. The molecule has 28 heavy (non-hydrogen) atoms. The number of fused-ring (bicyclic) bond motifs is 2. The molecule has 0 radical (unpaired) electrons. The number of aliphatic hydroxyl groups excluding tert-OH is 1. The average Bonchev–Trinajstić information content (AvgIpc) is 2.68. The third kappa shape index (κ3) is 3.33. The van der Waals surface area contributed by atoms with Gasteiger partial charge >= 0.3 is 11.9 Å². The van der Waals surface area contributed by atoms with Gasteiger partial charge in [0.2, 0.25) is 0 Å². The number of halogens is 1. The lowest BCUT2D eigenvalue weighted by Crippen LogP contribution is -2.44. The van der Waals surface area contributed by atoms with Crippen molar-refractivity contribution >= 4 is 35.1 Å². The Morgan fingerprint density at radius 2 is 1.96 bits per heavy atom. The van der Waals surface area contributed by atoms with Crippen molar-refractivity contribution < 1.29 is 29.0 Å². The molecule has 3 rings (SSSR count). The predicted octanol–water partition coefficient (Wildman–Crippen LogP) is 3.67. The van der Waals surface area contributed by atoms with Crippen molar-refractivity contribution in [3.8, 4) is 0 Å². The lowest BCUT2D eigenvalue weighted by molar-refractivity contribution is -0.141. The Kier molecular flexibility index (Phi) is 5.61. The van der Waals surface area contributed by atoms with Crippen LogP contribution in [0.3, 0.4) is 0 Å². The number of allylic oxidation sites excluding steroid dienone is 1. The Morgan fingerprint density at radius 3 is 2.57 bits per heavy atom. The fourth-order valence-corrected chi connectivity index (χ4v) is 4.16. The summed E-state index contributed by atoms with van der Waals surface area (Å²) < 4.78 is 9.68. The summed E-state index contributed by atoms with van der Waals surface area (Å²) in [6, 6.07) is 4.94. The van der Waals surface area contributed by atoms with E-state index >= 15 is 0 Å². The van der Waals surface area contributed by atoms with Crippen molar-refractivity contribution in [2.75, 3.05) is 13.7 Å². The van der Waals surface area contributed by atoms with Gasteiger partial charge in [-0.3, -0.25) is 4.79 Å². The first-order chi connectivity index (χ1) is 13.3. The zero-order valence-electron chi connectivity index (χ0n) is 15.7. The number of hydrogen-bond acceptors (Lipinski definition) is 6. The second-order valence-corrected chi connectivity index (χ2v) is 7.31. The number of esters is 2. The molecule has 0 aliphatic heterocycles. The van der Waals surface area contributed by atoms with Crippen molar-refractivity contribution in [3.63, 3.8) is 0 Å². The smallest absolute Gasteiger partial charge is 0.345 e. The highest BCUT2D eigenvalue weighted by molar-refractivity contribution is 6.31. The van der Waals surface area contributed by atoms with E-state index in [-0.39, 0.29) is 12.2 Å². The fraction of sp³-hybridized carbons (Fsp3) is 0.381. The third-order valence-electron chi connectivity index (χ3n) is 5.40. The maximum atomic E-state index is 13.4. The number of rotatable bonds is 3. The van der Waals surface area contributed by atoms with E-state index in [9.17, 15) is 19.5 Å². The summed E-state index contributed by atoms with van der Waals surface area (Å²) in [5.41, 5.74) is 0.594. The monoisotopic (exact) mass is 404 g/mol. The summed E-state index contributed by atoms with van der Waals surface area (Å²) in [6.07, 6.45) is 3.25.